The van der Waals surface area contributed by atoms with E-state index < -0.39 is 5.97 Å². The lowest BCUT2D eigenvalue weighted by Crippen LogP contribution is -2.06. The van der Waals surface area contributed by atoms with Gasteiger partial charge in [-0.25, -0.2) is 4.79 Å². The summed E-state index contributed by atoms with van der Waals surface area (Å²) < 4.78 is 7.41. The number of aryl methyl sites for hydroxylation is 2. The number of benzene rings is 1. The summed E-state index contributed by atoms with van der Waals surface area (Å²) in [7, 11) is 1.77. The van der Waals surface area contributed by atoms with Crippen molar-refractivity contribution in [2.24, 2.45) is 7.05 Å². The first kappa shape index (κ1) is 11.8. The van der Waals surface area contributed by atoms with Crippen molar-refractivity contribution in [2.45, 2.75) is 13.3 Å². The topological polar surface area (TPSA) is 64.3 Å². The summed E-state index contributed by atoms with van der Waals surface area (Å²) in [4.78, 5) is 11.3. The van der Waals surface area contributed by atoms with Crippen LogP contribution in [0.15, 0.2) is 18.2 Å². The minimum absolute atomic E-state index is 0.121. The van der Waals surface area contributed by atoms with Gasteiger partial charge in [-0.2, -0.15) is 5.10 Å². The molecule has 0 aliphatic carbocycles. The van der Waals surface area contributed by atoms with E-state index in [4.69, 9.17) is 4.74 Å². The molecule has 0 fully saturated rings. The largest absolute Gasteiger partial charge is 0.492 e. The first-order valence-electron chi connectivity index (χ1n) is 6.11. The third-order valence-electron chi connectivity index (χ3n) is 3.41. The molecular formula is C14H14N2O3. The van der Waals surface area contributed by atoms with Gasteiger partial charge >= 0.3 is 5.97 Å². The molecule has 0 saturated heterocycles. The molecule has 0 amide bonds. The number of aromatic nitrogens is 2. The Morgan fingerprint density at radius 1 is 1.47 bits per heavy atom. The van der Waals surface area contributed by atoms with Crippen molar-refractivity contribution in [3.05, 3.63) is 35.0 Å². The maximum atomic E-state index is 11.3. The predicted molar refractivity (Wildman–Crippen MR) is 69.5 cm³/mol. The summed E-state index contributed by atoms with van der Waals surface area (Å²) in [5, 5.41) is 13.4. The second kappa shape index (κ2) is 4.12. The van der Waals surface area contributed by atoms with Crippen LogP contribution in [0.3, 0.4) is 0 Å². The van der Waals surface area contributed by atoms with Crippen LogP contribution in [-0.2, 0) is 13.5 Å². The van der Waals surface area contributed by atoms with Gasteiger partial charge in [-0.3, -0.25) is 4.68 Å². The maximum Gasteiger partial charge on any atom is 0.356 e. The third kappa shape index (κ3) is 1.69. The zero-order chi connectivity index (χ0) is 13.6. The molecule has 1 aliphatic rings. The second-order valence-electron chi connectivity index (χ2n) is 4.65. The van der Waals surface area contributed by atoms with E-state index in [1.54, 1.807) is 11.7 Å². The van der Waals surface area contributed by atoms with Crippen LogP contribution in [0.25, 0.3) is 11.3 Å². The van der Waals surface area contributed by atoms with Gasteiger partial charge in [-0.15, -0.1) is 0 Å². The number of carbonyl (C=O) groups is 1. The van der Waals surface area contributed by atoms with Crippen LogP contribution in [-0.4, -0.2) is 27.5 Å². The summed E-state index contributed by atoms with van der Waals surface area (Å²) in [5.41, 5.74) is 3.67. The van der Waals surface area contributed by atoms with Crippen LogP contribution >= 0.6 is 0 Å². The van der Waals surface area contributed by atoms with Crippen molar-refractivity contribution in [1.82, 2.24) is 9.78 Å². The van der Waals surface area contributed by atoms with Gasteiger partial charge in [0.1, 0.15) is 5.75 Å². The number of para-hydroxylation sites is 1. The molecule has 0 saturated carbocycles. The number of aromatic carboxylic acids is 1. The molecule has 1 aromatic heterocycles. The van der Waals surface area contributed by atoms with E-state index in [1.807, 2.05) is 25.1 Å². The van der Waals surface area contributed by atoms with Gasteiger partial charge < -0.3 is 9.84 Å². The standard InChI is InChI=1S/C14H14N2O3/c1-8-4-3-5-10-12-9(6-7-19-13(8)10)11(14(17)18)15-16(12)2/h3-5H,6-7H2,1-2H3,(H,17,18). The molecule has 98 valence electrons. The highest BCUT2D eigenvalue weighted by molar-refractivity contribution is 5.90. The van der Waals surface area contributed by atoms with Crippen molar-refractivity contribution >= 4 is 5.97 Å². The van der Waals surface area contributed by atoms with E-state index in [2.05, 4.69) is 5.10 Å². The second-order valence-corrected chi connectivity index (χ2v) is 4.65. The number of fused-ring (bicyclic) bond motifs is 3. The van der Waals surface area contributed by atoms with Crippen molar-refractivity contribution in [3.63, 3.8) is 0 Å². The smallest absolute Gasteiger partial charge is 0.356 e. The fraction of sp³-hybridized carbons (Fsp3) is 0.286. The minimum atomic E-state index is -0.993. The van der Waals surface area contributed by atoms with E-state index in [-0.39, 0.29) is 5.69 Å². The van der Waals surface area contributed by atoms with Gasteiger partial charge in [0.2, 0.25) is 0 Å². The first-order valence-corrected chi connectivity index (χ1v) is 6.11. The van der Waals surface area contributed by atoms with E-state index in [9.17, 15) is 9.90 Å². The summed E-state index contributed by atoms with van der Waals surface area (Å²) in [5.74, 6) is -0.172. The number of hydrogen-bond donors (Lipinski definition) is 1. The Bertz CT molecular complexity index is 674. The van der Waals surface area contributed by atoms with Crippen LogP contribution in [0, 0.1) is 6.92 Å². The molecule has 0 atom stereocenters. The quantitative estimate of drug-likeness (QED) is 0.850. The van der Waals surface area contributed by atoms with Crippen LogP contribution in [0.5, 0.6) is 5.75 Å². The summed E-state index contributed by atoms with van der Waals surface area (Å²) in [6.45, 7) is 2.45. The number of nitrogens with zero attached hydrogens (tertiary/aromatic N) is 2. The van der Waals surface area contributed by atoms with E-state index >= 15 is 0 Å². The molecule has 1 aliphatic heterocycles. The lowest BCUT2D eigenvalue weighted by Gasteiger charge is -2.10. The van der Waals surface area contributed by atoms with Crippen molar-refractivity contribution in [3.8, 4) is 17.0 Å². The van der Waals surface area contributed by atoms with Crippen LogP contribution in [0.1, 0.15) is 21.6 Å². The number of ether oxygens (including phenoxy) is 1. The molecular weight excluding hydrogens is 244 g/mol. The molecule has 5 heteroatoms. The number of hydrogen-bond acceptors (Lipinski definition) is 3. The first-order chi connectivity index (χ1) is 9.09. The molecule has 2 aromatic rings. The SMILES string of the molecule is Cc1cccc2c1OCCc1c(C(=O)O)nn(C)c1-2. The molecule has 0 unspecified atom stereocenters. The molecule has 2 heterocycles. The Morgan fingerprint density at radius 3 is 3.00 bits per heavy atom. The minimum Gasteiger partial charge on any atom is -0.492 e. The molecule has 19 heavy (non-hydrogen) atoms. The summed E-state index contributed by atoms with van der Waals surface area (Å²) in [6.07, 6.45) is 0.554. The average molecular weight is 258 g/mol. The van der Waals surface area contributed by atoms with Crippen molar-refractivity contribution in [2.75, 3.05) is 6.61 Å². The predicted octanol–water partition coefficient (Wildman–Crippen LogP) is 2.03. The molecule has 3 rings (SSSR count). The van der Waals surface area contributed by atoms with Crippen LogP contribution in [0.2, 0.25) is 0 Å². The molecule has 1 aromatic carbocycles. The average Bonchev–Trinajstić information content (AvgIpc) is 2.57. The number of carboxylic acid groups (broad SMARTS) is 1. The Balaban J connectivity index is 2.33. The maximum absolute atomic E-state index is 11.3. The highest BCUT2D eigenvalue weighted by Gasteiger charge is 2.26. The zero-order valence-electron chi connectivity index (χ0n) is 10.8. The molecule has 0 bridgehead atoms. The molecule has 0 spiro atoms. The molecule has 1 N–H and O–H groups in total. The Hall–Kier alpha value is -2.30. The normalized spacial score (nSPS) is 13.2. The van der Waals surface area contributed by atoms with Crippen molar-refractivity contribution < 1.29 is 14.6 Å². The highest BCUT2D eigenvalue weighted by atomic mass is 16.5. The Kier molecular flexibility index (Phi) is 2.55. The lowest BCUT2D eigenvalue weighted by molar-refractivity contribution is 0.0688. The van der Waals surface area contributed by atoms with Crippen LogP contribution in [0.4, 0.5) is 0 Å². The fourth-order valence-corrected chi connectivity index (χ4v) is 2.60. The highest BCUT2D eigenvalue weighted by Crippen LogP contribution is 2.38. The number of carboxylic acids is 1. The van der Waals surface area contributed by atoms with Crippen molar-refractivity contribution in [1.29, 1.82) is 0 Å². The molecule has 5 nitrogen and oxygen atoms in total. The Morgan fingerprint density at radius 2 is 2.26 bits per heavy atom. The van der Waals surface area contributed by atoms with Crippen LogP contribution < -0.4 is 4.74 Å². The monoisotopic (exact) mass is 258 g/mol. The van der Waals surface area contributed by atoms with E-state index in [0.29, 0.717) is 13.0 Å². The lowest BCUT2D eigenvalue weighted by atomic mass is 10.0. The van der Waals surface area contributed by atoms with E-state index in [0.717, 1.165) is 28.1 Å². The number of rotatable bonds is 1. The van der Waals surface area contributed by atoms with Gasteiger partial charge in [0.15, 0.2) is 5.69 Å². The third-order valence-corrected chi connectivity index (χ3v) is 3.41. The van der Waals surface area contributed by atoms with Gasteiger partial charge in [-0.05, 0) is 18.6 Å². The van der Waals surface area contributed by atoms with Gasteiger partial charge in [-0.1, -0.05) is 12.1 Å². The summed E-state index contributed by atoms with van der Waals surface area (Å²) in [6, 6.07) is 5.87. The van der Waals surface area contributed by atoms with Gasteiger partial charge in [0.05, 0.1) is 12.3 Å². The fourth-order valence-electron chi connectivity index (χ4n) is 2.60. The van der Waals surface area contributed by atoms with Gasteiger partial charge in [0.25, 0.3) is 0 Å². The molecule has 0 radical (unpaired) electrons. The van der Waals surface area contributed by atoms with E-state index in [1.165, 1.54) is 0 Å². The Labute approximate surface area is 110 Å². The summed E-state index contributed by atoms with van der Waals surface area (Å²) >= 11 is 0. The zero-order valence-corrected chi connectivity index (χ0v) is 10.8. The van der Waals surface area contributed by atoms with Gasteiger partial charge in [0, 0.05) is 24.6 Å².